The third-order valence-corrected chi connectivity index (χ3v) is 9.70. The molecule has 4 heterocycles. The van der Waals surface area contributed by atoms with E-state index in [4.69, 9.17) is 4.74 Å². The largest absolute Gasteiger partial charge is 0.508 e. The number of anilines is 2. The van der Waals surface area contributed by atoms with Gasteiger partial charge < -0.3 is 19.3 Å². The second-order valence-electron chi connectivity index (χ2n) is 12.8. The molecule has 50 heavy (non-hydrogen) atoms. The Labute approximate surface area is 296 Å². The number of aryl methyl sites for hydroxylation is 1. The van der Waals surface area contributed by atoms with Crippen LogP contribution in [0, 0.1) is 12.7 Å². The summed E-state index contributed by atoms with van der Waals surface area (Å²) in [6.45, 7) is 5.87. The zero-order chi connectivity index (χ0) is 34.2. The molecule has 1 N–H and O–H groups in total. The molecule has 260 valence electrons. The van der Waals surface area contributed by atoms with Crippen LogP contribution in [0.15, 0.2) is 85.2 Å². The van der Waals surface area contributed by atoms with Crippen LogP contribution in [0.2, 0.25) is 0 Å². The van der Waals surface area contributed by atoms with Crippen molar-refractivity contribution in [2.45, 2.75) is 25.9 Å². The summed E-state index contributed by atoms with van der Waals surface area (Å²) in [5, 5.41) is 14.2. The fourth-order valence-electron chi connectivity index (χ4n) is 6.95. The monoisotopic (exact) mass is 698 g/mol. The quantitative estimate of drug-likeness (QED) is 0.228. The van der Waals surface area contributed by atoms with Gasteiger partial charge in [-0.15, -0.1) is 12.4 Å². The summed E-state index contributed by atoms with van der Waals surface area (Å²) in [5.74, 6) is -0.994. The van der Waals surface area contributed by atoms with E-state index < -0.39 is 5.82 Å². The molecule has 0 saturated carbocycles. The van der Waals surface area contributed by atoms with Crippen molar-refractivity contribution in [1.29, 1.82) is 0 Å². The van der Waals surface area contributed by atoms with Gasteiger partial charge in [0.1, 0.15) is 11.6 Å². The number of fused-ring (bicyclic) bond motifs is 1. The second-order valence-corrected chi connectivity index (χ2v) is 12.8. The maximum atomic E-state index is 15.0. The predicted octanol–water partition coefficient (Wildman–Crippen LogP) is 5.88. The minimum atomic E-state index is -0.508. The minimum absolute atomic E-state index is 0. The van der Waals surface area contributed by atoms with Crippen molar-refractivity contribution in [3.05, 3.63) is 119 Å². The van der Waals surface area contributed by atoms with Crippen molar-refractivity contribution >= 4 is 35.6 Å². The van der Waals surface area contributed by atoms with Crippen molar-refractivity contribution < 1.29 is 23.8 Å². The van der Waals surface area contributed by atoms with E-state index in [1.807, 2.05) is 41.6 Å². The van der Waals surface area contributed by atoms with Crippen LogP contribution < -0.4 is 4.90 Å². The van der Waals surface area contributed by atoms with E-state index in [2.05, 4.69) is 16.1 Å². The number of aromatic nitrogens is 3. The van der Waals surface area contributed by atoms with Gasteiger partial charge in [-0.2, -0.15) is 5.10 Å². The third kappa shape index (κ3) is 6.76. The molecule has 2 aliphatic heterocycles. The van der Waals surface area contributed by atoms with Crippen LogP contribution in [0.4, 0.5) is 15.8 Å². The average Bonchev–Trinajstić information content (AvgIpc) is 3.67. The molecule has 5 aromatic rings. The van der Waals surface area contributed by atoms with Gasteiger partial charge in [0.15, 0.2) is 0 Å². The van der Waals surface area contributed by atoms with Crippen LogP contribution in [0.25, 0.3) is 11.3 Å². The van der Waals surface area contributed by atoms with Crippen molar-refractivity contribution in [2.24, 2.45) is 14.1 Å². The van der Waals surface area contributed by atoms with E-state index in [9.17, 15) is 14.7 Å². The highest BCUT2D eigenvalue weighted by Gasteiger charge is 2.34. The first-order valence-corrected chi connectivity index (χ1v) is 16.4. The highest BCUT2D eigenvalue weighted by atomic mass is 35.5. The van der Waals surface area contributed by atoms with Crippen LogP contribution in [0.3, 0.4) is 0 Å². The van der Waals surface area contributed by atoms with Crippen LogP contribution in [0.5, 0.6) is 5.75 Å². The highest BCUT2D eigenvalue weighted by molar-refractivity contribution is 6.12. The first kappa shape index (κ1) is 34.9. The summed E-state index contributed by atoms with van der Waals surface area (Å²) in [4.78, 5) is 34.8. The average molecular weight is 699 g/mol. The van der Waals surface area contributed by atoms with E-state index >= 15 is 4.39 Å². The number of hydrogen-bond acceptors (Lipinski definition) is 6. The SMILES string of the molecule is Cc1c(C(=O)N(c2ccc(O)cc2)c2cnn(C)c2)cc(-c2ccc(F)cc2C(=O)N2Cc3ccccc3C[C@H]2CN2CCOCC2)n1C.Cl. The maximum Gasteiger partial charge on any atom is 0.264 e. The Morgan fingerprint density at radius 2 is 1.68 bits per heavy atom. The molecular formula is C38H40ClFN6O4. The number of carbonyl (C=O) groups excluding carboxylic acids is 2. The first-order chi connectivity index (χ1) is 23.7. The molecule has 1 atom stereocenters. The van der Waals surface area contributed by atoms with E-state index in [1.165, 1.54) is 34.7 Å². The molecule has 0 unspecified atom stereocenters. The highest BCUT2D eigenvalue weighted by Crippen LogP contribution is 2.35. The molecule has 0 spiro atoms. The summed E-state index contributed by atoms with van der Waals surface area (Å²) < 4.78 is 24.1. The van der Waals surface area contributed by atoms with Crippen molar-refractivity contribution in [3.63, 3.8) is 0 Å². The topological polar surface area (TPSA) is 96.1 Å². The maximum absolute atomic E-state index is 15.0. The Hall–Kier alpha value is -4.97. The standard InChI is InChI=1S/C38H39FN6O4.ClH/c1-25-34(38(48)45(31-21-40-41(2)23-31)29-9-11-32(46)12-10-29)20-36(42(25)3)33-13-8-28(39)19-35(33)37(47)44-22-27-7-5-4-6-26(27)18-30(44)24-43-14-16-49-17-15-43;/h4-13,19-21,23,30,46H,14-18,22,24H2,1-3H3;1H/t30-;/m0./s1. The third-order valence-electron chi connectivity index (χ3n) is 9.70. The normalized spacial score (nSPS) is 16.1. The van der Waals surface area contributed by atoms with Gasteiger partial charge in [-0.3, -0.25) is 24.1 Å². The molecule has 3 aromatic carbocycles. The Bertz CT molecular complexity index is 2020. The zero-order valence-electron chi connectivity index (χ0n) is 28.3. The molecule has 0 bridgehead atoms. The van der Waals surface area contributed by atoms with E-state index in [-0.39, 0.29) is 41.6 Å². The van der Waals surface area contributed by atoms with Gasteiger partial charge in [0.05, 0.1) is 36.2 Å². The smallest absolute Gasteiger partial charge is 0.264 e. The molecule has 2 aromatic heterocycles. The summed E-state index contributed by atoms with van der Waals surface area (Å²) in [6.07, 6.45) is 4.04. The van der Waals surface area contributed by atoms with E-state index in [1.54, 1.807) is 48.4 Å². The van der Waals surface area contributed by atoms with Crippen molar-refractivity contribution in [2.75, 3.05) is 37.7 Å². The molecular weight excluding hydrogens is 659 g/mol. The zero-order valence-corrected chi connectivity index (χ0v) is 29.1. The van der Waals surface area contributed by atoms with Crippen LogP contribution in [-0.4, -0.2) is 80.0 Å². The molecule has 1 fully saturated rings. The summed E-state index contributed by atoms with van der Waals surface area (Å²) >= 11 is 0. The van der Waals surface area contributed by atoms with Gasteiger partial charge >= 0.3 is 0 Å². The Balaban J connectivity index is 0.00000432. The van der Waals surface area contributed by atoms with E-state index in [0.29, 0.717) is 66.6 Å². The predicted molar refractivity (Wildman–Crippen MR) is 192 cm³/mol. The molecule has 0 radical (unpaired) electrons. The summed E-state index contributed by atoms with van der Waals surface area (Å²) in [5.41, 5.74) is 5.89. The molecule has 7 rings (SSSR count). The van der Waals surface area contributed by atoms with Crippen LogP contribution in [-0.2, 0) is 31.8 Å². The van der Waals surface area contributed by atoms with Crippen LogP contribution in [0.1, 0.15) is 37.5 Å². The second kappa shape index (κ2) is 14.5. The number of carbonyl (C=O) groups is 2. The van der Waals surface area contributed by atoms with Crippen molar-refractivity contribution in [3.8, 4) is 17.0 Å². The molecule has 10 nitrogen and oxygen atoms in total. The lowest BCUT2D eigenvalue weighted by Gasteiger charge is -2.40. The number of benzene rings is 3. The molecule has 2 amide bonds. The summed E-state index contributed by atoms with van der Waals surface area (Å²) in [7, 11) is 3.61. The number of phenols is 1. The molecule has 2 aliphatic rings. The van der Waals surface area contributed by atoms with Gasteiger partial charge in [0.25, 0.3) is 11.8 Å². The van der Waals surface area contributed by atoms with Gasteiger partial charge in [-0.1, -0.05) is 24.3 Å². The Morgan fingerprint density at radius 3 is 2.38 bits per heavy atom. The van der Waals surface area contributed by atoms with Gasteiger partial charge in [-0.25, -0.2) is 4.39 Å². The number of halogens is 2. The number of aromatic hydroxyl groups is 1. The lowest BCUT2D eigenvalue weighted by molar-refractivity contribution is 0.0193. The number of phenolic OH excluding ortho intramolecular Hbond substituents is 1. The number of amides is 2. The Kier molecular flexibility index (Phi) is 10.1. The van der Waals surface area contributed by atoms with E-state index in [0.717, 1.165) is 18.7 Å². The number of rotatable bonds is 7. The number of hydrogen-bond donors (Lipinski definition) is 1. The fraction of sp³-hybridized carbons (Fsp3) is 0.289. The van der Waals surface area contributed by atoms with Gasteiger partial charge in [0, 0.05) is 75.2 Å². The Morgan fingerprint density at radius 1 is 0.960 bits per heavy atom. The molecule has 0 aliphatic carbocycles. The lowest BCUT2D eigenvalue weighted by Crippen LogP contribution is -2.52. The van der Waals surface area contributed by atoms with Crippen LogP contribution >= 0.6 is 12.4 Å². The minimum Gasteiger partial charge on any atom is -0.508 e. The van der Waals surface area contributed by atoms with Crippen molar-refractivity contribution in [1.82, 2.24) is 24.1 Å². The number of nitrogens with zero attached hydrogens (tertiary/aromatic N) is 6. The number of ether oxygens (including phenoxy) is 1. The number of morpholine rings is 1. The lowest BCUT2D eigenvalue weighted by atomic mass is 9.92. The molecule has 12 heteroatoms. The fourth-order valence-corrected chi connectivity index (χ4v) is 6.95. The van der Waals surface area contributed by atoms with Gasteiger partial charge in [0.2, 0.25) is 0 Å². The summed E-state index contributed by atoms with van der Waals surface area (Å²) in [6, 6.07) is 20.5. The molecule has 1 saturated heterocycles. The van der Waals surface area contributed by atoms with Gasteiger partial charge in [-0.05, 0) is 73.0 Å². The first-order valence-electron chi connectivity index (χ1n) is 16.4.